The molecule has 1 unspecified atom stereocenters. The Kier molecular flexibility index (Phi) is 8.89. The predicted octanol–water partition coefficient (Wildman–Crippen LogP) is 3.77. The maximum atomic E-state index is 3.70. The van der Waals surface area contributed by atoms with Crippen LogP contribution in [-0.4, -0.2) is 37.6 Å². The SMILES string of the molecule is CCCNC(CCN(C)CCC(C)C)C(C)(C)C. The van der Waals surface area contributed by atoms with Crippen LogP contribution in [-0.2, 0) is 0 Å². The standard InChI is InChI=1S/C16H36N2/c1-8-11-17-15(16(4,5)6)10-13-18(7)12-9-14(2)3/h14-15,17H,8-13H2,1-7H3. The fraction of sp³-hybridized carbons (Fsp3) is 1.00. The minimum atomic E-state index is 0.355. The summed E-state index contributed by atoms with van der Waals surface area (Å²) >= 11 is 0. The minimum absolute atomic E-state index is 0.355. The van der Waals surface area contributed by atoms with Crippen LogP contribution in [0.3, 0.4) is 0 Å². The van der Waals surface area contributed by atoms with E-state index in [0.717, 1.165) is 12.5 Å². The number of hydrogen-bond acceptors (Lipinski definition) is 2. The molecule has 0 aromatic carbocycles. The average Bonchev–Trinajstić information content (AvgIpc) is 2.24. The molecule has 0 saturated heterocycles. The van der Waals surface area contributed by atoms with Crippen LogP contribution in [0.15, 0.2) is 0 Å². The van der Waals surface area contributed by atoms with Crippen molar-refractivity contribution >= 4 is 0 Å². The summed E-state index contributed by atoms with van der Waals surface area (Å²) in [6.07, 6.45) is 3.77. The largest absolute Gasteiger partial charge is 0.313 e. The van der Waals surface area contributed by atoms with Gasteiger partial charge in [0.25, 0.3) is 0 Å². The first kappa shape index (κ1) is 17.9. The molecule has 0 aromatic heterocycles. The highest BCUT2D eigenvalue weighted by Gasteiger charge is 2.23. The molecule has 0 radical (unpaired) electrons. The van der Waals surface area contributed by atoms with E-state index < -0.39 is 0 Å². The topological polar surface area (TPSA) is 15.3 Å². The van der Waals surface area contributed by atoms with Gasteiger partial charge in [0.1, 0.15) is 0 Å². The Morgan fingerprint density at radius 1 is 1.06 bits per heavy atom. The third kappa shape index (κ3) is 8.93. The van der Waals surface area contributed by atoms with Gasteiger partial charge in [-0.05, 0) is 57.3 Å². The van der Waals surface area contributed by atoms with Crippen LogP contribution >= 0.6 is 0 Å². The summed E-state index contributed by atoms with van der Waals surface area (Å²) in [7, 11) is 2.25. The third-order valence-corrected chi connectivity index (χ3v) is 3.57. The molecule has 0 bridgehead atoms. The van der Waals surface area contributed by atoms with Gasteiger partial charge in [-0.2, -0.15) is 0 Å². The second-order valence-corrected chi connectivity index (χ2v) is 7.15. The van der Waals surface area contributed by atoms with Crippen molar-refractivity contribution < 1.29 is 0 Å². The Labute approximate surface area is 116 Å². The summed E-state index contributed by atoms with van der Waals surface area (Å²) < 4.78 is 0. The van der Waals surface area contributed by atoms with Gasteiger partial charge >= 0.3 is 0 Å². The normalized spacial score (nSPS) is 14.5. The van der Waals surface area contributed by atoms with Crippen LogP contribution in [0.25, 0.3) is 0 Å². The van der Waals surface area contributed by atoms with Crippen molar-refractivity contribution in [2.24, 2.45) is 11.3 Å². The molecule has 0 spiro atoms. The van der Waals surface area contributed by atoms with E-state index in [1.165, 1.54) is 32.4 Å². The van der Waals surface area contributed by atoms with E-state index in [-0.39, 0.29) is 0 Å². The van der Waals surface area contributed by atoms with Crippen LogP contribution in [0.2, 0.25) is 0 Å². The molecule has 18 heavy (non-hydrogen) atoms. The zero-order valence-electron chi connectivity index (χ0n) is 13.8. The Bertz CT molecular complexity index is 194. The molecule has 2 nitrogen and oxygen atoms in total. The van der Waals surface area contributed by atoms with Gasteiger partial charge in [-0.15, -0.1) is 0 Å². The van der Waals surface area contributed by atoms with E-state index in [4.69, 9.17) is 0 Å². The van der Waals surface area contributed by atoms with Crippen LogP contribution in [0.5, 0.6) is 0 Å². The van der Waals surface area contributed by atoms with Crippen molar-refractivity contribution in [3.05, 3.63) is 0 Å². The van der Waals surface area contributed by atoms with Gasteiger partial charge in [-0.1, -0.05) is 41.5 Å². The first-order valence-electron chi connectivity index (χ1n) is 7.69. The average molecular weight is 256 g/mol. The van der Waals surface area contributed by atoms with Gasteiger partial charge in [0.15, 0.2) is 0 Å². The highest BCUT2D eigenvalue weighted by atomic mass is 15.1. The first-order valence-corrected chi connectivity index (χ1v) is 7.69. The fourth-order valence-corrected chi connectivity index (χ4v) is 2.10. The Morgan fingerprint density at radius 2 is 1.61 bits per heavy atom. The molecule has 0 amide bonds. The molecule has 0 rings (SSSR count). The number of rotatable bonds is 9. The van der Waals surface area contributed by atoms with E-state index in [2.05, 4.69) is 58.8 Å². The first-order chi connectivity index (χ1) is 8.27. The lowest BCUT2D eigenvalue weighted by Crippen LogP contribution is -2.42. The molecule has 0 aliphatic rings. The maximum absolute atomic E-state index is 3.70. The third-order valence-electron chi connectivity index (χ3n) is 3.57. The summed E-state index contributed by atoms with van der Waals surface area (Å²) in [5, 5.41) is 3.70. The van der Waals surface area contributed by atoms with Crippen molar-refractivity contribution in [2.75, 3.05) is 26.7 Å². The molecule has 0 fully saturated rings. The van der Waals surface area contributed by atoms with Crippen molar-refractivity contribution in [1.82, 2.24) is 10.2 Å². The Morgan fingerprint density at radius 3 is 2.06 bits per heavy atom. The lowest BCUT2D eigenvalue weighted by atomic mass is 9.84. The molecule has 1 N–H and O–H groups in total. The molecule has 0 aliphatic carbocycles. The van der Waals surface area contributed by atoms with Gasteiger partial charge in [0, 0.05) is 6.04 Å². The Hall–Kier alpha value is -0.0800. The molecule has 0 aromatic rings. The lowest BCUT2D eigenvalue weighted by Gasteiger charge is -2.33. The minimum Gasteiger partial charge on any atom is -0.313 e. The molecule has 1 atom stereocenters. The van der Waals surface area contributed by atoms with Crippen LogP contribution in [0, 0.1) is 11.3 Å². The summed E-state index contributed by atoms with van der Waals surface area (Å²) in [6, 6.07) is 0.624. The maximum Gasteiger partial charge on any atom is 0.0128 e. The second kappa shape index (κ2) is 8.92. The van der Waals surface area contributed by atoms with E-state index in [0.29, 0.717) is 11.5 Å². The summed E-state index contributed by atoms with van der Waals surface area (Å²) in [5.74, 6) is 0.809. The summed E-state index contributed by atoms with van der Waals surface area (Å²) in [4.78, 5) is 2.48. The van der Waals surface area contributed by atoms with Gasteiger partial charge < -0.3 is 10.2 Å². The highest BCUT2D eigenvalue weighted by molar-refractivity contribution is 4.81. The molecular weight excluding hydrogens is 220 g/mol. The monoisotopic (exact) mass is 256 g/mol. The van der Waals surface area contributed by atoms with Gasteiger partial charge in [0.05, 0.1) is 0 Å². The van der Waals surface area contributed by atoms with Crippen LogP contribution < -0.4 is 5.32 Å². The van der Waals surface area contributed by atoms with Crippen molar-refractivity contribution in [2.45, 2.75) is 66.8 Å². The highest BCUT2D eigenvalue weighted by Crippen LogP contribution is 2.22. The zero-order valence-corrected chi connectivity index (χ0v) is 13.8. The van der Waals surface area contributed by atoms with E-state index >= 15 is 0 Å². The number of nitrogens with one attached hydrogen (secondary N) is 1. The van der Waals surface area contributed by atoms with E-state index in [1.807, 2.05) is 0 Å². The second-order valence-electron chi connectivity index (χ2n) is 7.15. The van der Waals surface area contributed by atoms with E-state index in [1.54, 1.807) is 0 Å². The summed E-state index contributed by atoms with van der Waals surface area (Å²) in [5.41, 5.74) is 0.355. The fourth-order valence-electron chi connectivity index (χ4n) is 2.10. The summed E-state index contributed by atoms with van der Waals surface area (Å²) in [6.45, 7) is 17.4. The van der Waals surface area contributed by atoms with Gasteiger partial charge in [-0.25, -0.2) is 0 Å². The molecule has 0 saturated carbocycles. The van der Waals surface area contributed by atoms with Crippen LogP contribution in [0.4, 0.5) is 0 Å². The number of nitrogens with zero attached hydrogens (tertiary/aromatic N) is 1. The predicted molar refractivity (Wildman–Crippen MR) is 83.1 cm³/mol. The molecule has 110 valence electrons. The zero-order chi connectivity index (χ0) is 14.2. The molecule has 0 heterocycles. The molecular formula is C16H36N2. The van der Waals surface area contributed by atoms with Crippen molar-refractivity contribution in [3.63, 3.8) is 0 Å². The van der Waals surface area contributed by atoms with Gasteiger partial charge in [-0.3, -0.25) is 0 Å². The smallest absolute Gasteiger partial charge is 0.0128 e. The van der Waals surface area contributed by atoms with Gasteiger partial charge in [0.2, 0.25) is 0 Å². The molecule has 2 heteroatoms. The number of hydrogen-bond donors (Lipinski definition) is 1. The lowest BCUT2D eigenvalue weighted by molar-refractivity contribution is 0.217. The quantitative estimate of drug-likeness (QED) is 0.675. The van der Waals surface area contributed by atoms with Crippen molar-refractivity contribution in [1.29, 1.82) is 0 Å². The molecule has 0 aliphatic heterocycles. The van der Waals surface area contributed by atoms with Crippen molar-refractivity contribution in [3.8, 4) is 0 Å². The Balaban J connectivity index is 4.01. The van der Waals surface area contributed by atoms with E-state index in [9.17, 15) is 0 Å². The van der Waals surface area contributed by atoms with Crippen LogP contribution in [0.1, 0.15) is 60.8 Å².